The highest BCUT2D eigenvalue weighted by molar-refractivity contribution is 5.82. The minimum Gasteiger partial charge on any atom is -0.497 e. The summed E-state index contributed by atoms with van der Waals surface area (Å²) in [5.41, 5.74) is 1.75. The van der Waals surface area contributed by atoms with E-state index in [4.69, 9.17) is 9.47 Å². The SMILES string of the molecule is COc1cccc(C=Nc2ccc(OC)nc2)c1. The molecule has 0 aliphatic heterocycles. The van der Waals surface area contributed by atoms with Gasteiger partial charge in [-0.2, -0.15) is 0 Å². The number of hydrogen-bond donors (Lipinski definition) is 0. The normalized spacial score (nSPS) is 10.6. The maximum absolute atomic E-state index is 5.15. The third kappa shape index (κ3) is 3.07. The van der Waals surface area contributed by atoms with Gasteiger partial charge in [-0.1, -0.05) is 12.1 Å². The number of benzene rings is 1. The summed E-state index contributed by atoms with van der Waals surface area (Å²) < 4.78 is 10.1. The van der Waals surface area contributed by atoms with Crippen LogP contribution in [0.3, 0.4) is 0 Å². The van der Waals surface area contributed by atoms with Crippen LogP contribution in [0.4, 0.5) is 5.69 Å². The van der Waals surface area contributed by atoms with Gasteiger partial charge in [-0.3, -0.25) is 4.99 Å². The summed E-state index contributed by atoms with van der Waals surface area (Å²) in [6, 6.07) is 11.3. The lowest BCUT2D eigenvalue weighted by Gasteiger charge is -2.00. The molecule has 0 unspecified atom stereocenters. The highest BCUT2D eigenvalue weighted by Crippen LogP contribution is 2.15. The van der Waals surface area contributed by atoms with Crippen LogP contribution < -0.4 is 9.47 Å². The molecule has 2 aromatic rings. The maximum atomic E-state index is 5.15. The molecule has 0 atom stereocenters. The number of pyridine rings is 1. The second-order valence-electron chi connectivity index (χ2n) is 3.59. The maximum Gasteiger partial charge on any atom is 0.213 e. The Morgan fingerprint density at radius 1 is 1.11 bits per heavy atom. The molecule has 0 aliphatic carbocycles. The topological polar surface area (TPSA) is 43.7 Å². The van der Waals surface area contributed by atoms with Crippen LogP contribution in [-0.2, 0) is 0 Å². The summed E-state index contributed by atoms with van der Waals surface area (Å²) >= 11 is 0. The minimum absolute atomic E-state index is 0.579. The van der Waals surface area contributed by atoms with Crippen LogP contribution in [0.5, 0.6) is 11.6 Å². The van der Waals surface area contributed by atoms with Crippen LogP contribution in [0.2, 0.25) is 0 Å². The molecule has 1 aromatic heterocycles. The van der Waals surface area contributed by atoms with E-state index in [2.05, 4.69) is 9.98 Å². The second-order valence-corrected chi connectivity index (χ2v) is 3.59. The number of ether oxygens (including phenoxy) is 2. The monoisotopic (exact) mass is 242 g/mol. The molecule has 0 fully saturated rings. The molecule has 0 bridgehead atoms. The summed E-state index contributed by atoms with van der Waals surface area (Å²) in [5, 5.41) is 0. The van der Waals surface area contributed by atoms with Gasteiger partial charge in [-0.05, 0) is 23.8 Å². The van der Waals surface area contributed by atoms with E-state index >= 15 is 0 Å². The van der Waals surface area contributed by atoms with Crippen LogP contribution in [0.1, 0.15) is 5.56 Å². The van der Waals surface area contributed by atoms with Crippen molar-refractivity contribution in [3.8, 4) is 11.6 Å². The van der Waals surface area contributed by atoms with Gasteiger partial charge in [0.2, 0.25) is 5.88 Å². The van der Waals surface area contributed by atoms with Gasteiger partial charge in [0.25, 0.3) is 0 Å². The van der Waals surface area contributed by atoms with Crippen LogP contribution in [0.25, 0.3) is 0 Å². The molecule has 0 N–H and O–H groups in total. The molecule has 1 heterocycles. The van der Waals surface area contributed by atoms with E-state index in [0.717, 1.165) is 17.0 Å². The second kappa shape index (κ2) is 5.82. The first-order valence-corrected chi connectivity index (χ1v) is 5.50. The van der Waals surface area contributed by atoms with Crippen LogP contribution in [-0.4, -0.2) is 25.4 Å². The molecule has 4 nitrogen and oxygen atoms in total. The molecule has 0 saturated heterocycles. The Morgan fingerprint density at radius 2 is 2.00 bits per heavy atom. The van der Waals surface area contributed by atoms with E-state index in [1.807, 2.05) is 30.3 Å². The number of nitrogens with zero attached hydrogens (tertiary/aromatic N) is 2. The Balaban J connectivity index is 2.13. The smallest absolute Gasteiger partial charge is 0.213 e. The third-order valence-electron chi connectivity index (χ3n) is 2.39. The van der Waals surface area contributed by atoms with Crippen molar-refractivity contribution in [1.29, 1.82) is 0 Å². The van der Waals surface area contributed by atoms with E-state index < -0.39 is 0 Å². The zero-order chi connectivity index (χ0) is 12.8. The van der Waals surface area contributed by atoms with Gasteiger partial charge in [0.15, 0.2) is 0 Å². The molecule has 2 rings (SSSR count). The molecular weight excluding hydrogens is 228 g/mol. The molecule has 18 heavy (non-hydrogen) atoms. The number of rotatable bonds is 4. The quantitative estimate of drug-likeness (QED) is 0.774. The predicted molar refractivity (Wildman–Crippen MR) is 71.0 cm³/mol. The Bertz CT molecular complexity index is 536. The largest absolute Gasteiger partial charge is 0.497 e. The summed E-state index contributed by atoms with van der Waals surface area (Å²) in [5.74, 6) is 1.39. The molecule has 0 amide bonds. The molecule has 0 aliphatic rings. The van der Waals surface area contributed by atoms with E-state index in [1.54, 1.807) is 32.7 Å². The molecule has 0 radical (unpaired) electrons. The Morgan fingerprint density at radius 3 is 2.67 bits per heavy atom. The first-order chi connectivity index (χ1) is 8.81. The average Bonchev–Trinajstić information content (AvgIpc) is 2.46. The van der Waals surface area contributed by atoms with Crippen molar-refractivity contribution in [1.82, 2.24) is 4.98 Å². The van der Waals surface area contributed by atoms with Crippen LogP contribution in [0, 0.1) is 0 Å². The Kier molecular flexibility index (Phi) is 3.91. The summed E-state index contributed by atoms with van der Waals surface area (Å²) in [4.78, 5) is 8.41. The average molecular weight is 242 g/mol. The first-order valence-electron chi connectivity index (χ1n) is 5.50. The lowest BCUT2D eigenvalue weighted by Crippen LogP contribution is -1.86. The predicted octanol–water partition coefficient (Wildman–Crippen LogP) is 2.85. The van der Waals surface area contributed by atoms with Crippen molar-refractivity contribution in [2.24, 2.45) is 4.99 Å². The van der Waals surface area contributed by atoms with Gasteiger partial charge in [-0.15, -0.1) is 0 Å². The van der Waals surface area contributed by atoms with Gasteiger partial charge in [0, 0.05) is 12.3 Å². The lowest BCUT2D eigenvalue weighted by atomic mass is 10.2. The van der Waals surface area contributed by atoms with Crippen molar-refractivity contribution in [3.63, 3.8) is 0 Å². The number of methoxy groups -OCH3 is 2. The van der Waals surface area contributed by atoms with Crippen LogP contribution in [0.15, 0.2) is 47.6 Å². The number of aromatic nitrogens is 1. The van der Waals surface area contributed by atoms with Crippen molar-refractivity contribution in [3.05, 3.63) is 48.2 Å². The highest BCUT2D eigenvalue weighted by atomic mass is 16.5. The van der Waals surface area contributed by atoms with Gasteiger partial charge in [0.1, 0.15) is 5.75 Å². The molecule has 0 saturated carbocycles. The summed E-state index contributed by atoms with van der Waals surface area (Å²) in [6.45, 7) is 0. The zero-order valence-electron chi connectivity index (χ0n) is 10.3. The molecular formula is C14H14N2O2. The fraction of sp³-hybridized carbons (Fsp3) is 0.143. The van der Waals surface area contributed by atoms with Gasteiger partial charge in [0.05, 0.1) is 26.1 Å². The lowest BCUT2D eigenvalue weighted by molar-refractivity contribution is 0.398. The zero-order valence-corrected chi connectivity index (χ0v) is 10.3. The molecule has 1 aromatic carbocycles. The fourth-order valence-electron chi connectivity index (χ4n) is 1.44. The Labute approximate surface area is 106 Å². The third-order valence-corrected chi connectivity index (χ3v) is 2.39. The number of hydrogen-bond acceptors (Lipinski definition) is 4. The first kappa shape index (κ1) is 12.1. The standard InChI is InChI=1S/C14H14N2O2/c1-17-13-5-3-4-11(8-13)9-15-12-6-7-14(18-2)16-10-12/h3-10H,1-2H3. The van der Waals surface area contributed by atoms with E-state index in [0.29, 0.717) is 5.88 Å². The van der Waals surface area contributed by atoms with Crippen molar-refractivity contribution in [2.45, 2.75) is 0 Å². The molecule has 92 valence electrons. The highest BCUT2D eigenvalue weighted by Gasteiger charge is 1.94. The van der Waals surface area contributed by atoms with Crippen molar-refractivity contribution in [2.75, 3.05) is 14.2 Å². The van der Waals surface area contributed by atoms with Crippen LogP contribution >= 0.6 is 0 Å². The molecule has 0 spiro atoms. The summed E-state index contributed by atoms with van der Waals surface area (Å²) in [6.07, 6.45) is 3.43. The van der Waals surface area contributed by atoms with Crippen molar-refractivity contribution >= 4 is 11.9 Å². The van der Waals surface area contributed by atoms with E-state index in [9.17, 15) is 0 Å². The van der Waals surface area contributed by atoms with Gasteiger partial charge < -0.3 is 9.47 Å². The fourth-order valence-corrected chi connectivity index (χ4v) is 1.44. The molecule has 4 heteroatoms. The summed E-state index contributed by atoms with van der Waals surface area (Å²) in [7, 11) is 3.23. The number of aliphatic imine (C=N–C) groups is 1. The van der Waals surface area contributed by atoms with Gasteiger partial charge in [-0.25, -0.2) is 4.98 Å². The van der Waals surface area contributed by atoms with E-state index in [-0.39, 0.29) is 0 Å². The minimum atomic E-state index is 0.579. The van der Waals surface area contributed by atoms with E-state index in [1.165, 1.54) is 0 Å². The Hall–Kier alpha value is -2.36. The van der Waals surface area contributed by atoms with Crippen molar-refractivity contribution < 1.29 is 9.47 Å². The van der Waals surface area contributed by atoms with Gasteiger partial charge >= 0.3 is 0 Å².